The summed E-state index contributed by atoms with van der Waals surface area (Å²) in [6, 6.07) is 30.7. The summed E-state index contributed by atoms with van der Waals surface area (Å²) in [6.07, 6.45) is 0.264. The Hall–Kier alpha value is -4.14. The Balaban J connectivity index is 1.77. The summed E-state index contributed by atoms with van der Waals surface area (Å²) < 4.78 is 29.0. The van der Waals surface area contributed by atoms with E-state index in [4.69, 9.17) is 11.6 Å². The molecule has 7 nitrogen and oxygen atoms in total. The zero-order valence-electron chi connectivity index (χ0n) is 23.6. The topological polar surface area (TPSA) is 86.8 Å². The summed E-state index contributed by atoms with van der Waals surface area (Å²) in [6.45, 7) is 3.72. The van der Waals surface area contributed by atoms with Gasteiger partial charge in [0.1, 0.15) is 12.6 Å². The number of amides is 2. The Bertz CT molecular complexity index is 1580. The minimum Gasteiger partial charge on any atom is -0.355 e. The second-order valence-electron chi connectivity index (χ2n) is 9.91. The molecule has 1 N–H and O–H groups in total. The monoisotopic (exact) mass is 603 g/mol. The molecule has 42 heavy (non-hydrogen) atoms. The van der Waals surface area contributed by atoms with E-state index in [1.54, 1.807) is 24.3 Å². The van der Waals surface area contributed by atoms with Gasteiger partial charge in [0.05, 0.1) is 10.6 Å². The molecule has 2 amide bonds. The van der Waals surface area contributed by atoms with Crippen molar-refractivity contribution in [3.63, 3.8) is 0 Å². The van der Waals surface area contributed by atoms with Crippen LogP contribution in [-0.4, -0.2) is 44.3 Å². The van der Waals surface area contributed by atoms with Crippen molar-refractivity contribution in [2.45, 2.75) is 37.8 Å². The molecule has 0 fully saturated rings. The number of likely N-dealkylation sites (N-methyl/N-ethyl adjacent to an activating group) is 1. The molecule has 0 unspecified atom stereocenters. The number of carbonyl (C=O) groups excluding carboxylic acids is 2. The normalized spacial score (nSPS) is 11.9. The first-order valence-electron chi connectivity index (χ1n) is 13.7. The van der Waals surface area contributed by atoms with Crippen LogP contribution in [0.2, 0.25) is 5.02 Å². The highest BCUT2D eigenvalue weighted by Gasteiger charge is 2.34. The molecular formula is C33H34ClN3O4S. The van der Waals surface area contributed by atoms with Gasteiger partial charge in [0, 0.05) is 24.5 Å². The van der Waals surface area contributed by atoms with Crippen LogP contribution >= 0.6 is 11.6 Å². The smallest absolute Gasteiger partial charge is 0.264 e. The number of hydrogen-bond acceptors (Lipinski definition) is 4. The number of carbonyl (C=O) groups is 2. The van der Waals surface area contributed by atoms with E-state index in [9.17, 15) is 18.0 Å². The number of aryl methyl sites for hydroxylation is 1. The molecule has 0 saturated heterocycles. The lowest BCUT2D eigenvalue weighted by atomic mass is 10.0. The van der Waals surface area contributed by atoms with Crippen molar-refractivity contribution in [2.75, 3.05) is 17.4 Å². The van der Waals surface area contributed by atoms with Crippen LogP contribution in [0, 0.1) is 6.92 Å². The summed E-state index contributed by atoms with van der Waals surface area (Å²) in [5.74, 6) is -0.822. The molecule has 0 aliphatic rings. The predicted octanol–water partition coefficient (Wildman–Crippen LogP) is 5.62. The highest BCUT2D eigenvalue weighted by Crippen LogP contribution is 2.26. The number of nitrogens with one attached hydrogen (secondary N) is 1. The average molecular weight is 604 g/mol. The van der Waals surface area contributed by atoms with Crippen LogP contribution < -0.4 is 9.62 Å². The van der Waals surface area contributed by atoms with E-state index in [0.717, 1.165) is 21.0 Å². The Morgan fingerprint density at radius 2 is 1.38 bits per heavy atom. The van der Waals surface area contributed by atoms with Crippen molar-refractivity contribution in [2.24, 2.45) is 0 Å². The van der Waals surface area contributed by atoms with Crippen molar-refractivity contribution < 1.29 is 18.0 Å². The number of sulfonamides is 1. The van der Waals surface area contributed by atoms with Crippen LogP contribution in [0.5, 0.6) is 0 Å². The number of nitrogens with zero attached hydrogens (tertiary/aromatic N) is 2. The van der Waals surface area contributed by atoms with Gasteiger partial charge in [-0.1, -0.05) is 90.0 Å². The number of halogens is 1. The molecule has 218 valence electrons. The first-order chi connectivity index (χ1) is 20.2. The SMILES string of the molecule is CCNC(=O)[C@@H](Cc1ccccc1)N(Cc1ccccc1)C(=O)CN(c1ccc(C)cc1)S(=O)(=O)c1ccc(Cl)cc1. The predicted molar refractivity (Wildman–Crippen MR) is 167 cm³/mol. The first-order valence-corrected chi connectivity index (χ1v) is 15.5. The van der Waals surface area contributed by atoms with Crippen LogP contribution in [0.3, 0.4) is 0 Å². The van der Waals surface area contributed by atoms with Gasteiger partial charge in [-0.05, 0) is 61.4 Å². The highest BCUT2D eigenvalue weighted by atomic mass is 35.5. The van der Waals surface area contributed by atoms with Crippen LogP contribution in [0.4, 0.5) is 5.69 Å². The van der Waals surface area contributed by atoms with Crippen LogP contribution in [0.15, 0.2) is 114 Å². The molecule has 0 aliphatic carbocycles. The lowest BCUT2D eigenvalue weighted by molar-refractivity contribution is -0.140. The van der Waals surface area contributed by atoms with Gasteiger partial charge in [-0.25, -0.2) is 8.42 Å². The van der Waals surface area contributed by atoms with Crippen LogP contribution in [0.1, 0.15) is 23.6 Å². The second-order valence-corrected chi connectivity index (χ2v) is 12.2. The molecule has 4 aromatic carbocycles. The zero-order chi connectivity index (χ0) is 30.1. The minimum absolute atomic E-state index is 0.000513. The van der Waals surface area contributed by atoms with Gasteiger partial charge in [-0.15, -0.1) is 0 Å². The summed E-state index contributed by atoms with van der Waals surface area (Å²) >= 11 is 6.03. The summed E-state index contributed by atoms with van der Waals surface area (Å²) in [4.78, 5) is 29.2. The maximum Gasteiger partial charge on any atom is 0.264 e. The van der Waals surface area contributed by atoms with Gasteiger partial charge in [0.25, 0.3) is 10.0 Å². The number of benzene rings is 4. The number of rotatable bonds is 12. The molecule has 0 saturated carbocycles. The van der Waals surface area contributed by atoms with E-state index in [1.165, 1.54) is 29.2 Å². The first kappa shape index (κ1) is 30.8. The summed E-state index contributed by atoms with van der Waals surface area (Å²) in [5.41, 5.74) is 2.97. The Morgan fingerprint density at radius 1 is 0.810 bits per heavy atom. The van der Waals surface area contributed by atoms with E-state index < -0.39 is 28.5 Å². The van der Waals surface area contributed by atoms with Crippen molar-refractivity contribution >= 4 is 39.1 Å². The van der Waals surface area contributed by atoms with Crippen molar-refractivity contribution in [3.05, 3.63) is 131 Å². The standard InChI is InChI=1S/C33H34ClN3O4S/c1-3-35-33(39)31(22-26-10-6-4-7-11-26)36(23-27-12-8-5-9-13-27)32(38)24-37(29-18-14-25(2)15-19-29)42(40,41)30-20-16-28(34)17-21-30/h4-21,31H,3,22-24H2,1-2H3,(H,35,39)/t31-/m1/s1. The lowest BCUT2D eigenvalue weighted by Gasteiger charge is -2.33. The fourth-order valence-corrected chi connectivity index (χ4v) is 6.14. The van der Waals surface area contributed by atoms with E-state index >= 15 is 0 Å². The molecule has 0 radical (unpaired) electrons. The Kier molecular flexibility index (Phi) is 10.4. The van der Waals surface area contributed by atoms with Crippen LogP contribution in [0.25, 0.3) is 0 Å². The van der Waals surface area contributed by atoms with Gasteiger partial charge in [-0.2, -0.15) is 0 Å². The van der Waals surface area contributed by atoms with Crippen molar-refractivity contribution in [1.29, 1.82) is 0 Å². The van der Waals surface area contributed by atoms with Crippen molar-refractivity contribution in [1.82, 2.24) is 10.2 Å². The van der Waals surface area contributed by atoms with Crippen molar-refractivity contribution in [3.8, 4) is 0 Å². The molecule has 0 bridgehead atoms. The third kappa shape index (κ3) is 7.78. The van der Waals surface area contributed by atoms with E-state index in [0.29, 0.717) is 17.3 Å². The highest BCUT2D eigenvalue weighted by molar-refractivity contribution is 7.92. The molecule has 0 spiro atoms. The van der Waals surface area contributed by atoms with Gasteiger partial charge in [0.2, 0.25) is 11.8 Å². The number of anilines is 1. The molecular weight excluding hydrogens is 570 g/mol. The largest absolute Gasteiger partial charge is 0.355 e. The zero-order valence-corrected chi connectivity index (χ0v) is 25.2. The quantitative estimate of drug-likeness (QED) is 0.228. The molecule has 0 heterocycles. The lowest BCUT2D eigenvalue weighted by Crippen LogP contribution is -2.53. The van der Waals surface area contributed by atoms with Gasteiger partial charge in [0.15, 0.2) is 0 Å². The Labute approximate surface area is 252 Å². The minimum atomic E-state index is -4.17. The third-order valence-corrected chi connectivity index (χ3v) is 8.86. The maximum absolute atomic E-state index is 14.3. The fraction of sp³-hybridized carbons (Fsp3) is 0.212. The molecule has 9 heteroatoms. The Morgan fingerprint density at radius 3 is 1.95 bits per heavy atom. The van der Waals surface area contributed by atoms with Crippen LogP contribution in [-0.2, 0) is 32.6 Å². The maximum atomic E-state index is 14.3. The van der Waals surface area contributed by atoms with E-state index in [2.05, 4.69) is 5.32 Å². The third-order valence-electron chi connectivity index (χ3n) is 6.82. The summed E-state index contributed by atoms with van der Waals surface area (Å²) in [5, 5.41) is 3.26. The molecule has 0 aliphatic heterocycles. The van der Waals surface area contributed by atoms with E-state index in [1.807, 2.05) is 74.5 Å². The molecule has 4 aromatic rings. The molecule has 1 atom stereocenters. The second kappa shape index (κ2) is 14.2. The van der Waals surface area contributed by atoms with E-state index in [-0.39, 0.29) is 23.8 Å². The number of hydrogen-bond donors (Lipinski definition) is 1. The van der Waals surface area contributed by atoms with Gasteiger partial charge in [-0.3, -0.25) is 13.9 Å². The molecule has 4 rings (SSSR count). The molecule has 0 aromatic heterocycles. The van der Waals surface area contributed by atoms with Gasteiger partial charge < -0.3 is 10.2 Å². The van der Waals surface area contributed by atoms with Gasteiger partial charge >= 0.3 is 0 Å². The summed E-state index contributed by atoms with van der Waals surface area (Å²) in [7, 11) is -4.17. The average Bonchev–Trinajstić information content (AvgIpc) is 2.99. The fourth-order valence-electron chi connectivity index (χ4n) is 4.60.